The lowest BCUT2D eigenvalue weighted by atomic mass is 9.99. The Labute approximate surface area is 100 Å². The largest absolute Gasteiger partial charge is 0.339 e. The molecule has 0 amide bonds. The lowest BCUT2D eigenvalue weighted by Crippen LogP contribution is -2.30. The minimum atomic E-state index is -0.510. The summed E-state index contributed by atoms with van der Waals surface area (Å²) in [6.07, 6.45) is 3.42. The van der Waals surface area contributed by atoms with E-state index in [1.807, 2.05) is 25.6 Å². The van der Waals surface area contributed by atoms with Crippen molar-refractivity contribution in [1.29, 1.82) is 0 Å². The first-order valence-electron chi connectivity index (χ1n) is 5.75. The normalized spacial score (nSPS) is 18.9. The van der Waals surface area contributed by atoms with Gasteiger partial charge in [-0.15, -0.1) is 0 Å². The van der Waals surface area contributed by atoms with Crippen LogP contribution in [0.3, 0.4) is 0 Å². The zero-order valence-corrected chi connectivity index (χ0v) is 10.7. The summed E-state index contributed by atoms with van der Waals surface area (Å²) in [5.74, 6) is 4.57. The van der Waals surface area contributed by atoms with Gasteiger partial charge in [-0.3, -0.25) is 0 Å². The molecular weight excluding hydrogens is 222 g/mol. The average molecular weight is 241 g/mol. The first kappa shape index (κ1) is 11.9. The van der Waals surface area contributed by atoms with Crippen LogP contribution in [0.15, 0.2) is 4.52 Å². The number of nitrogens with two attached hydrogens (primary N) is 1. The summed E-state index contributed by atoms with van der Waals surface area (Å²) in [6.45, 7) is 3.78. The van der Waals surface area contributed by atoms with Crippen LogP contribution in [0.5, 0.6) is 0 Å². The molecular formula is C11H19N3OS. The van der Waals surface area contributed by atoms with Crippen molar-refractivity contribution in [2.75, 3.05) is 11.5 Å². The van der Waals surface area contributed by atoms with Gasteiger partial charge in [-0.25, -0.2) is 0 Å². The highest BCUT2D eigenvalue weighted by Gasteiger charge is 2.23. The fourth-order valence-corrected chi connectivity index (χ4v) is 3.00. The van der Waals surface area contributed by atoms with Gasteiger partial charge in [0.15, 0.2) is 5.82 Å². The maximum Gasteiger partial charge on any atom is 0.226 e. The van der Waals surface area contributed by atoms with E-state index in [0.29, 0.717) is 11.7 Å². The van der Waals surface area contributed by atoms with Gasteiger partial charge < -0.3 is 10.3 Å². The van der Waals surface area contributed by atoms with Crippen molar-refractivity contribution in [2.45, 2.75) is 38.6 Å². The predicted molar refractivity (Wildman–Crippen MR) is 65.3 cm³/mol. The summed E-state index contributed by atoms with van der Waals surface area (Å²) >= 11 is 2.03. The standard InChI is InChI=1S/C11H19N3OS/c1-11(2,12)10-13-9(15-14-10)7-8-3-5-16-6-4-8/h8H,3-7,12H2,1-2H3. The van der Waals surface area contributed by atoms with E-state index in [2.05, 4.69) is 10.1 Å². The smallest absolute Gasteiger partial charge is 0.226 e. The van der Waals surface area contributed by atoms with Crippen LogP contribution in [-0.2, 0) is 12.0 Å². The molecule has 2 N–H and O–H groups in total. The molecule has 1 aliphatic rings. The first-order valence-corrected chi connectivity index (χ1v) is 6.91. The SMILES string of the molecule is CC(C)(N)c1noc(CC2CCSCC2)n1. The monoisotopic (exact) mass is 241 g/mol. The van der Waals surface area contributed by atoms with E-state index in [4.69, 9.17) is 10.3 Å². The lowest BCUT2D eigenvalue weighted by Gasteiger charge is -2.19. The van der Waals surface area contributed by atoms with Crippen LogP contribution in [0, 0.1) is 5.92 Å². The van der Waals surface area contributed by atoms with E-state index in [1.54, 1.807) is 0 Å². The summed E-state index contributed by atoms with van der Waals surface area (Å²) in [5.41, 5.74) is 5.41. The summed E-state index contributed by atoms with van der Waals surface area (Å²) in [7, 11) is 0. The molecule has 5 heteroatoms. The molecule has 1 saturated heterocycles. The molecule has 0 unspecified atom stereocenters. The van der Waals surface area contributed by atoms with E-state index in [0.717, 1.165) is 12.3 Å². The zero-order valence-electron chi connectivity index (χ0n) is 9.90. The number of nitrogens with zero attached hydrogens (tertiary/aromatic N) is 2. The third-order valence-corrected chi connectivity index (χ3v) is 3.90. The number of aromatic nitrogens is 2. The maximum atomic E-state index is 5.91. The van der Waals surface area contributed by atoms with Crippen molar-refractivity contribution in [3.05, 3.63) is 11.7 Å². The summed E-state index contributed by atoms with van der Waals surface area (Å²) < 4.78 is 5.25. The second-order valence-electron chi connectivity index (χ2n) is 4.99. The summed E-state index contributed by atoms with van der Waals surface area (Å²) in [5, 5.41) is 3.94. The minimum Gasteiger partial charge on any atom is -0.339 e. The van der Waals surface area contributed by atoms with Gasteiger partial charge in [-0.05, 0) is 44.1 Å². The molecule has 4 nitrogen and oxygen atoms in total. The summed E-state index contributed by atoms with van der Waals surface area (Å²) in [4.78, 5) is 4.37. The van der Waals surface area contributed by atoms with Crippen molar-refractivity contribution in [3.63, 3.8) is 0 Å². The first-order chi connectivity index (χ1) is 7.55. The van der Waals surface area contributed by atoms with Crippen molar-refractivity contribution in [1.82, 2.24) is 10.1 Å². The Balaban J connectivity index is 1.97. The number of hydrogen-bond acceptors (Lipinski definition) is 5. The molecule has 1 aromatic heterocycles. The number of hydrogen-bond donors (Lipinski definition) is 1. The molecule has 1 fully saturated rings. The molecule has 16 heavy (non-hydrogen) atoms. The van der Waals surface area contributed by atoms with Gasteiger partial charge in [0.1, 0.15) is 0 Å². The van der Waals surface area contributed by atoms with E-state index in [1.165, 1.54) is 24.3 Å². The lowest BCUT2D eigenvalue weighted by molar-refractivity contribution is 0.335. The van der Waals surface area contributed by atoms with Gasteiger partial charge in [0, 0.05) is 6.42 Å². The zero-order chi connectivity index (χ0) is 11.6. The van der Waals surface area contributed by atoms with Gasteiger partial charge in [-0.1, -0.05) is 5.16 Å². The van der Waals surface area contributed by atoms with Crippen LogP contribution in [0.2, 0.25) is 0 Å². The molecule has 0 aromatic carbocycles. The fourth-order valence-electron chi connectivity index (χ4n) is 1.80. The maximum absolute atomic E-state index is 5.91. The topological polar surface area (TPSA) is 64.9 Å². The molecule has 0 spiro atoms. The van der Waals surface area contributed by atoms with Gasteiger partial charge in [0.25, 0.3) is 0 Å². The molecule has 90 valence electrons. The third-order valence-electron chi connectivity index (χ3n) is 2.85. The molecule has 0 saturated carbocycles. The van der Waals surface area contributed by atoms with E-state index >= 15 is 0 Å². The fraction of sp³-hybridized carbons (Fsp3) is 0.818. The van der Waals surface area contributed by atoms with Gasteiger partial charge >= 0.3 is 0 Å². The Morgan fingerprint density at radius 1 is 1.44 bits per heavy atom. The Morgan fingerprint density at radius 3 is 2.69 bits per heavy atom. The van der Waals surface area contributed by atoms with Crippen LogP contribution in [0.1, 0.15) is 38.4 Å². The molecule has 2 heterocycles. The molecule has 0 radical (unpaired) electrons. The van der Waals surface area contributed by atoms with Crippen LogP contribution in [-0.4, -0.2) is 21.6 Å². The highest BCUT2D eigenvalue weighted by Crippen LogP contribution is 2.25. The van der Waals surface area contributed by atoms with Crippen molar-refractivity contribution in [3.8, 4) is 0 Å². The van der Waals surface area contributed by atoms with Crippen LogP contribution in [0.4, 0.5) is 0 Å². The molecule has 0 aliphatic carbocycles. The Bertz CT molecular complexity index is 339. The van der Waals surface area contributed by atoms with Crippen molar-refractivity contribution >= 4 is 11.8 Å². The molecule has 2 rings (SSSR count). The van der Waals surface area contributed by atoms with E-state index in [-0.39, 0.29) is 0 Å². The van der Waals surface area contributed by atoms with Crippen LogP contribution in [0.25, 0.3) is 0 Å². The van der Waals surface area contributed by atoms with Crippen molar-refractivity contribution < 1.29 is 4.52 Å². The second kappa shape index (κ2) is 4.75. The van der Waals surface area contributed by atoms with Gasteiger partial charge in [0.2, 0.25) is 5.89 Å². The molecule has 1 aliphatic heterocycles. The highest BCUT2D eigenvalue weighted by molar-refractivity contribution is 7.99. The quantitative estimate of drug-likeness (QED) is 0.876. The van der Waals surface area contributed by atoms with E-state index < -0.39 is 5.54 Å². The Kier molecular flexibility index (Phi) is 3.54. The van der Waals surface area contributed by atoms with Gasteiger partial charge in [0.05, 0.1) is 5.54 Å². The minimum absolute atomic E-state index is 0.510. The Hall–Kier alpha value is -0.550. The average Bonchev–Trinajstić information content (AvgIpc) is 2.67. The highest BCUT2D eigenvalue weighted by atomic mass is 32.2. The summed E-state index contributed by atoms with van der Waals surface area (Å²) in [6, 6.07) is 0. The second-order valence-corrected chi connectivity index (χ2v) is 6.22. The van der Waals surface area contributed by atoms with Crippen molar-refractivity contribution in [2.24, 2.45) is 11.7 Å². The number of rotatable bonds is 3. The molecule has 0 bridgehead atoms. The molecule has 1 aromatic rings. The van der Waals surface area contributed by atoms with Gasteiger partial charge in [-0.2, -0.15) is 16.7 Å². The predicted octanol–water partition coefficient (Wildman–Crippen LogP) is 1.95. The van der Waals surface area contributed by atoms with Crippen LogP contribution >= 0.6 is 11.8 Å². The number of thioether (sulfide) groups is 1. The molecule has 0 atom stereocenters. The van der Waals surface area contributed by atoms with E-state index in [9.17, 15) is 0 Å². The Morgan fingerprint density at radius 2 is 2.12 bits per heavy atom. The van der Waals surface area contributed by atoms with Crippen LogP contribution < -0.4 is 5.73 Å². The third kappa shape index (κ3) is 2.98.